The van der Waals surface area contributed by atoms with Gasteiger partial charge < -0.3 is 14.5 Å². The van der Waals surface area contributed by atoms with Crippen LogP contribution in [0.25, 0.3) is 10.9 Å². The van der Waals surface area contributed by atoms with Crippen LogP contribution in [0, 0.1) is 6.92 Å². The fourth-order valence-electron chi connectivity index (χ4n) is 2.93. The third kappa shape index (κ3) is 2.60. The molecule has 1 atom stereocenters. The molecule has 2 aromatic carbocycles. The zero-order chi connectivity index (χ0) is 15.5. The molecule has 0 aliphatic heterocycles. The highest BCUT2D eigenvalue weighted by atomic mass is 16.5. The molecule has 0 saturated carbocycles. The van der Waals surface area contributed by atoms with E-state index in [-0.39, 0.29) is 6.10 Å². The third-order valence-corrected chi connectivity index (χ3v) is 3.96. The minimum Gasteiger partial charge on any atom is -0.497 e. The molecule has 3 aromatic rings. The maximum absolute atomic E-state index is 6.07. The number of para-hydroxylation sites is 1. The van der Waals surface area contributed by atoms with E-state index in [4.69, 9.17) is 9.47 Å². The summed E-state index contributed by atoms with van der Waals surface area (Å²) in [6, 6.07) is 16.5. The van der Waals surface area contributed by atoms with Crippen LogP contribution in [0.1, 0.15) is 29.8 Å². The number of benzene rings is 2. The fraction of sp³-hybridized carbons (Fsp3) is 0.263. The monoisotopic (exact) mass is 295 g/mol. The number of nitrogens with one attached hydrogen (secondary N) is 1. The molecule has 1 heterocycles. The number of aryl methyl sites for hydroxylation is 1. The van der Waals surface area contributed by atoms with E-state index in [1.165, 1.54) is 10.9 Å². The Kier molecular flexibility index (Phi) is 4.16. The van der Waals surface area contributed by atoms with Crippen molar-refractivity contribution in [3.05, 3.63) is 65.4 Å². The Labute approximate surface area is 130 Å². The molecule has 0 aliphatic rings. The second-order valence-corrected chi connectivity index (χ2v) is 5.32. The summed E-state index contributed by atoms with van der Waals surface area (Å²) in [5.74, 6) is 0.856. The largest absolute Gasteiger partial charge is 0.497 e. The molecule has 0 radical (unpaired) electrons. The van der Waals surface area contributed by atoms with Crippen molar-refractivity contribution < 1.29 is 9.47 Å². The van der Waals surface area contributed by atoms with E-state index >= 15 is 0 Å². The molecule has 1 aromatic heterocycles. The Morgan fingerprint density at radius 3 is 2.45 bits per heavy atom. The van der Waals surface area contributed by atoms with E-state index in [2.05, 4.69) is 42.2 Å². The van der Waals surface area contributed by atoms with Gasteiger partial charge in [0.15, 0.2) is 0 Å². The predicted octanol–water partition coefficient (Wildman–Crippen LogP) is 4.61. The quantitative estimate of drug-likeness (QED) is 0.745. The van der Waals surface area contributed by atoms with Crippen molar-refractivity contribution in [1.82, 2.24) is 4.98 Å². The van der Waals surface area contributed by atoms with Crippen molar-refractivity contribution in [2.75, 3.05) is 13.7 Å². The van der Waals surface area contributed by atoms with Crippen molar-refractivity contribution in [2.45, 2.75) is 20.0 Å². The topological polar surface area (TPSA) is 34.2 Å². The highest BCUT2D eigenvalue weighted by Gasteiger charge is 2.21. The van der Waals surface area contributed by atoms with Gasteiger partial charge >= 0.3 is 0 Å². The van der Waals surface area contributed by atoms with Crippen molar-refractivity contribution in [1.29, 1.82) is 0 Å². The van der Waals surface area contributed by atoms with Gasteiger partial charge in [0.25, 0.3) is 0 Å². The molecule has 0 fully saturated rings. The Morgan fingerprint density at radius 2 is 1.77 bits per heavy atom. The van der Waals surface area contributed by atoms with Crippen LogP contribution in [-0.2, 0) is 4.74 Å². The van der Waals surface area contributed by atoms with Crippen molar-refractivity contribution in [3.8, 4) is 5.75 Å². The normalized spacial score (nSPS) is 12.5. The van der Waals surface area contributed by atoms with E-state index in [0.717, 1.165) is 22.5 Å². The average molecular weight is 295 g/mol. The second-order valence-electron chi connectivity index (χ2n) is 5.32. The highest BCUT2D eigenvalue weighted by Crippen LogP contribution is 2.35. The van der Waals surface area contributed by atoms with Crippen LogP contribution in [0.15, 0.2) is 48.5 Å². The van der Waals surface area contributed by atoms with Gasteiger partial charge in [-0.05, 0) is 37.6 Å². The van der Waals surface area contributed by atoms with E-state index in [0.29, 0.717) is 6.61 Å². The summed E-state index contributed by atoms with van der Waals surface area (Å²) >= 11 is 0. The molecule has 0 unspecified atom stereocenters. The van der Waals surface area contributed by atoms with Gasteiger partial charge in [0, 0.05) is 28.8 Å². The first kappa shape index (κ1) is 14.7. The molecule has 0 amide bonds. The number of hydrogen-bond donors (Lipinski definition) is 1. The molecule has 1 N–H and O–H groups in total. The molecule has 0 saturated heterocycles. The van der Waals surface area contributed by atoms with Gasteiger partial charge in [-0.2, -0.15) is 0 Å². The first-order valence-electron chi connectivity index (χ1n) is 7.57. The molecule has 0 bridgehead atoms. The second kappa shape index (κ2) is 6.24. The molecule has 114 valence electrons. The lowest BCUT2D eigenvalue weighted by molar-refractivity contribution is 0.0919. The van der Waals surface area contributed by atoms with Crippen molar-refractivity contribution in [3.63, 3.8) is 0 Å². The Bertz CT molecular complexity index is 759. The maximum atomic E-state index is 6.07. The standard InChI is InChI=1S/C19H21NO2/c1-4-22-19(14-9-11-15(21-3)12-10-14)18-13(2)20-17-8-6-5-7-16(17)18/h5-12,19-20H,4H2,1-3H3/t19-/m1/s1. The summed E-state index contributed by atoms with van der Waals surface area (Å²) in [5.41, 5.74) is 4.64. The van der Waals surface area contributed by atoms with Crippen LogP contribution < -0.4 is 4.74 Å². The minimum absolute atomic E-state index is 0.0768. The molecule has 22 heavy (non-hydrogen) atoms. The molecule has 3 rings (SSSR count). The van der Waals surface area contributed by atoms with Crippen LogP contribution in [-0.4, -0.2) is 18.7 Å². The van der Waals surface area contributed by atoms with Crippen LogP contribution >= 0.6 is 0 Å². The number of aromatic amines is 1. The molecule has 0 spiro atoms. The number of methoxy groups -OCH3 is 1. The number of aromatic nitrogens is 1. The summed E-state index contributed by atoms with van der Waals surface area (Å²) in [6.07, 6.45) is -0.0768. The number of H-pyrrole nitrogens is 1. The average Bonchev–Trinajstić information content (AvgIpc) is 2.88. The Hall–Kier alpha value is -2.26. The molecule has 0 aliphatic carbocycles. The molecule has 3 heteroatoms. The summed E-state index contributed by atoms with van der Waals surface area (Å²) in [6.45, 7) is 4.79. The van der Waals surface area contributed by atoms with E-state index in [1.807, 2.05) is 25.1 Å². The number of ether oxygens (including phenoxy) is 2. The van der Waals surface area contributed by atoms with Gasteiger partial charge in [0.05, 0.1) is 7.11 Å². The molecular formula is C19H21NO2. The minimum atomic E-state index is -0.0768. The summed E-state index contributed by atoms with van der Waals surface area (Å²) in [7, 11) is 1.68. The summed E-state index contributed by atoms with van der Waals surface area (Å²) in [5, 5.41) is 1.22. The summed E-state index contributed by atoms with van der Waals surface area (Å²) in [4.78, 5) is 3.45. The lowest BCUT2D eigenvalue weighted by atomic mass is 9.98. The predicted molar refractivity (Wildman–Crippen MR) is 89.5 cm³/mol. The van der Waals surface area contributed by atoms with Gasteiger partial charge in [-0.3, -0.25) is 0 Å². The van der Waals surface area contributed by atoms with Crippen LogP contribution in [0.5, 0.6) is 5.75 Å². The molecular weight excluding hydrogens is 274 g/mol. The summed E-state index contributed by atoms with van der Waals surface area (Å²) < 4.78 is 11.3. The van der Waals surface area contributed by atoms with Crippen LogP contribution in [0.2, 0.25) is 0 Å². The Morgan fingerprint density at radius 1 is 1.05 bits per heavy atom. The van der Waals surface area contributed by atoms with Gasteiger partial charge in [0.2, 0.25) is 0 Å². The number of rotatable bonds is 5. The van der Waals surface area contributed by atoms with E-state index < -0.39 is 0 Å². The Balaban J connectivity index is 2.11. The first-order valence-corrected chi connectivity index (χ1v) is 7.57. The zero-order valence-corrected chi connectivity index (χ0v) is 13.2. The fourth-order valence-corrected chi connectivity index (χ4v) is 2.93. The van der Waals surface area contributed by atoms with E-state index in [1.54, 1.807) is 7.11 Å². The first-order chi connectivity index (χ1) is 10.7. The SMILES string of the molecule is CCO[C@H](c1ccc(OC)cc1)c1c(C)[nH]c2ccccc12. The van der Waals surface area contributed by atoms with Crippen molar-refractivity contribution in [2.24, 2.45) is 0 Å². The van der Waals surface area contributed by atoms with Gasteiger partial charge in [-0.25, -0.2) is 0 Å². The van der Waals surface area contributed by atoms with E-state index in [9.17, 15) is 0 Å². The lowest BCUT2D eigenvalue weighted by Crippen LogP contribution is -2.07. The maximum Gasteiger partial charge on any atom is 0.118 e. The number of hydrogen-bond acceptors (Lipinski definition) is 2. The third-order valence-electron chi connectivity index (χ3n) is 3.96. The van der Waals surface area contributed by atoms with Crippen LogP contribution in [0.3, 0.4) is 0 Å². The van der Waals surface area contributed by atoms with Gasteiger partial charge in [0.1, 0.15) is 11.9 Å². The van der Waals surface area contributed by atoms with Gasteiger partial charge in [-0.1, -0.05) is 30.3 Å². The molecule has 3 nitrogen and oxygen atoms in total. The lowest BCUT2D eigenvalue weighted by Gasteiger charge is -2.19. The zero-order valence-electron chi connectivity index (χ0n) is 13.2. The van der Waals surface area contributed by atoms with Gasteiger partial charge in [-0.15, -0.1) is 0 Å². The van der Waals surface area contributed by atoms with Crippen LogP contribution in [0.4, 0.5) is 0 Å². The number of fused-ring (bicyclic) bond motifs is 1. The van der Waals surface area contributed by atoms with Crippen molar-refractivity contribution >= 4 is 10.9 Å². The smallest absolute Gasteiger partial charge is 0.118 e. The highest BCUT2D eigenvalue weighted by molar-refractivity contribution is 5.85.